The number of hydrogen-bond donors (Lipinski definition) is 1. The molecule has 0 aliphatic rings. The number of nitro groups is 1. The van der Waals surface area contributed by atoms with Crippen molar-refractivity contribution in [2.24, 2.45) is 5.73 Å². The third-order valence-corrected chi connectivity index (χ3v) is 1.60. The van der Waals surface area contributed by atoms with Crippen LogP contribution in [0.4, 0.5) is 5.88 Å². The highest BCUT2D eigenvalue weighted by Gasteiger charge is 2.14. The summed E-state index contributed by atoms with van der Waals surface area (Å²) < 4.78 is 4.87. The second kappa shape index (κ2) is 4.84. The first kappa shape index (κ1) is 11.9. The van der Waals surface area contributed by atoms with Gasteiger partial charge >= 0.3 is 5.88 Å². The van der Waals surface area contributed by atoms with Crippen LogP contribution >= 0.6 is 12.4 Å². The van der Waals surface area contributed by atoms with Crippen LogP contribution in [-0.4, -0.2) is 4.92 Å². The van der Waals surface area contributed by atoms with Gasteiger partial charge in [0, 0.05) is 0 Å². The molecule has 0 aliphatic carbocycles. The van der Waals surface area contributed by atoms with E-state index < -0.39 is 4.92 Å². The second-order valence-electron chi connectivity index (χ2n) is 2.45. The zero-order chi connectivity index (χ0) is 9.14. The van der Waals surface area contributed by atoms with E-state index in [0.29, 0.717) is 12.2 Å². The molecule has 1 rings (SSSR count). The van der Waals surface area contributed by atoms with Crippen molar-refractivity contribution in [2.75, 3.05) is 0 Å². The number of nitrogens with zero attached hydrogens (tertiary/aromatic N) is 1. The highest BCUT2D eigenvalue weighted by Crippen LogP contribution is 2.21. The summed E-state index contributed by atoms with van der Waals surface area (Å²) in [5.74, 6) is 0.207. The zero-order valence-corrected chi connectivity index (χ0v) is 7.91. The minimum Gasteiger partial charge on any atom is -0.404 e. The highest BCUT2D eigenvalue weighted by molar-refractivity contribution is 5.85. The Morgan fingerprint density at radius 1 is 1.69 bits per heavy atom. The molecule has 1 aromatic heterocycles. The van der Waals surface area contributed by atoms with Crippen LogP contribution in [0, 0.1) is 10.1 Å². The van der Waals surface area contributed by atoms with Crippen molar-refractivity contribution in [2.45, 2.75) is 19.4 Å². The average molecular weight is 207 g/mol. The van der Waals surface area contributed by atoms with Crippen molar-refractivity contribution in [3.05, 3.63) is 28.0 Å². The summed E-state index contributed by atoms with van der Waals surface area (Å²) in [5, 5.41) is 10.2. The number of nitrogens with two attached hydrogens (primary N) is 1. The largest absolute Gasteiger partial charge is 0.433 e. The van der Waals surface area contributed by atoms with E-state index in [0.717, 1.165) is 0 Å². The molecule has 13 heavy (non-hydrogen) atoms. The van der Waals surface area contributed by atoms with Gasteiger partial charge in [-0.15, -0.1) is 12.4 Å². The Balaban J connectivity index is 0.00000144. The number of hydrogen-bond acceptors (Lipinski definition) is 4. The lowest BCUT2D eigenvalue weighted by molar-refractivity contribution is -0.402. The van der Waals surface area contributed by atoms with Crippen molar-refractivity contribution < 1.29 is 9.34 Å². The van der Waals surface area contributed by atoms with E-state index in [9.17, 15) is 10.1 Å². The summed E-state index contributed by atoms with van der Waals surface area (Å²) in [6.45, 7) is 1.89. The second-order valence-corrected chi connectivity index (χ2v) is 2.45. The van der Waals surface area contributed by atoms with Crippen molar-refractivity contribution in [1.82, 2.24) is 0 Å². The third-order valence-electron chi connectivity index (χ3n) is 1.60. The quantitative estimate of drug-likeness (QED) is 0.606. The van der Waals surface area contributed by atoms with Gasteiger partial charge in [0.25, 0.3) is 0 Å². The van der Waals surface area contributed by atoms with Crippen LogP contribution in [0.5, 0.6) is 0 Å². The molecule has 0 aliphatic heterocycles. The fraction of sp³-hybridized carbons (Fsp3) is 0.429. The van der Waals surface area contributed by atoms with Gasteiger partial charge in [-0.05, 0) is 12.5 Å². The highest BCUT2D eigenvalue weighted by atomic mass is 35.5. The topological polar surface area (TPSA) is 82.3 Å². The summed E-state index contributed by atoms with van der Waals surface area (Å²) in [4.78, 5) is 9.62. The monoisotopic (exact) mass is 206 g/mol. The predicted molar refractivity (Wildman–Crippen MR) is 49.8 cm³/mol. The van der Waals surface area contributed by atoms with Crippen molar-refractivity contribution in [1.29, 1.82) is 0 Å². The maximum absolute atomic E-state index is 10.2. The molecule has 0 saturated heterocycles. The van der Waals surface area contributed by atoms with Crippen LogP contribution in [0.2, 0.25) is 0 Å². The molecule has 0 saturated carbocycles. The lowest BCUT2D eigenvalue weighted by Gasteiger charge is -2.01. The maximum Gasteiger partial charge on any atom is 0.433 e. The van der Waals surface area contributed by atoms with Gasteiger partial charge in [0.05, 0.1) is 12.1 Å². The van der Waals surface area contributed by atoms with E-state index in [1.807, 2.05) is 6.92 Å². The fourth-order valence-electron chi connectivity index (χ4n) is 0.841. The first-order valence-electron chi connectivity index (χ1n) is 3.65. The molecule has 0 aromatic carbocycles. The lowest BCUT2D eigenvalue weighted by atomic mass is 10.2. The third kappa shape index (κ3) is 2.71. The molecule has 0 bridgehead atoms. The Labute approximate surface area is 81.5 Å². The molecule has 1 heterocycles. The molecule has 6 heteroatoms. The van der Waals surface area contributed by atoms with E-state index >= 15 is 0 Å². The van der Waals surface area contributed by atoms with E-state index in [-0.39, 0.29) is 24.3 Å². The van der Waals surface area contributed by atoms with Crippen LogP contribution in [0.25, 0.3) is 0 Å². The molecule has 1 aromatic rings. The maximum atomic E-state index is 10.2. The van der Waals surface area contributed by atoms with Crippen molar-refractivity contribution in [3.8, 4) is 0 Å². The van der Waals surface area contributed by atoms with Crippen LogP contribution in [0.15, 0.2) is 16.5 Å². The number of halogens is 1. The molecule has 0 radical (unpaired) electrons. The van der Waals surface area contributed by atoms with E-state index in [1.54, 1.807) is 0 Å². The van der Waals surface area contributed by atoms with E-state index in [4.69, 9.17) is 10.2 Å². The Morgan fingerprint density at radius 3 is 2.69 bits per heavy atom. The van der Waals surface area contributed by atoms with Crippen molar-refractivity contribution >= 4 is 18.3 Å². The Kier molecular flexibility index (Phi) is 4.44. The summed E-state index contributed by atoms with van der Waals surface area (Å²) in [5.41, 5.74) is 5.59. The van der Waals surface area contributed by atoms with Gasteiger partial charge in [0.1, 0.15) is 10.7 Å². The molecule has 74 valence electrons. The molecule has 5 nitrogen and oxygen atoms in total. The molecule has 1 atom stereocenters. The summed E-state index contributed by atoms with van der Waals surface area (Å²) in [6.07, 6.45) is 0.699. The molecule has 2 N–H and O–H groups in total. The van der Waals surface area contributed by atoms with E-state index in [2.05, 4.69) is 0 Å². The molecule has 0 fully saturated rings. The van der Waals surface area contributed by atoms with Crippen LogP contribution < -0.4 is 5.73 Å². The van der Waals surface area contributed by atoms with Gasteiger partial charge in [-0.2, -0.15) is 0 Å². The van der Waals surface area contributed by atoms with Crippen LogP contribution in [0.3, 0.4) is 0 Å². The Hall–Kier alpha value is -1.07. The molecule has 0 amide bonds. The lowest BCUT2D eigenvalue weighted by Crippen LogP contribution is -2.06. The smallest absolute Gasteiger partial charge is 0.404 e. The Morgan fingerprint density at radius 2 is 2.31 bits per heavy atom. The zero-order valence-electron chi connectivity index (χ0n) is 7.10. The van der Waals surface area contributed by atoms with E-state index in [1.165, 1.54) is 12.1 Å². The molecule has 0 unspecified atom stereocenters. The first-order chi connectivity index (χ1) is 5.65. The summed E-state index contributed by atoms with van der Waals surface area (Å²) in [7, 11) is 0. The molecular weight excluding hydrogens is 196 g/mol. The number of furan rings is 1. The van der Waals surface area contributed by atoms with Gasteiger partial charge in [0.15, 0.2) is 0 Å². The van der Waals surface area contributed by atoms with Gasteiger partial charge in [0.2, 0.25) is 0 Å². The van der Waals surface area contributed by atoms with Crippen LogP contribution in [-0.2, 0) is 0 Å². The van der Waals surface area contributed by atoms with Gasteiger partial charge in [-0.3, -0.25) is 10.1 Å². The summed E-state index contributed by atoms with van der Waals surface area (Å²) >= 11 is 0. The SMILES string of the molecule is CC[C@H](N)c1ccc([N+](=O)[O-])o1.Cl. The average Bonchev–Trinajstić information content (AvgIpc) is 2.51. The van der Waals surface area contributed by atoms with Crippen molar-refractivity contribution in [3.63, 3.8) is 0 Å². The number of rotatable bonds is 3. The minimum atomic E-state index is -0.578. The predicted octanol–water partition coefficient (Wildman–Crippen LogP) is 2.02. The standard InChI is InChI=1S/C7H10N2O3.ClH/c1-2-5(8)6-3-4-7(12-6)9(10)11;/h3-5H,2,8H2,1H3;1H/t5-;/m0./s1. The first-order valence-corrected chi connectivity index (χ1v) is 3.65. The van der Waals surface area contributed by atoms with Gasteiger partial charge in [-0.25, -0.2) is 0 Å². The Bertz CT molecular complexity index is 287. The molecule has 0 spiro atoms. The van der Waals surface area contributed by atoms with Gasteiger partial charge < -0.3 is 10.2 Å². The van der Waals surface area contributed by atoms with Gasteiger partial charge in [-0.1, -0.05) is 6.92 Å². The minimum absolute atomic E-state index is 0. The fourth-order valence-corrected chi connectivity index (χ4v) is 0.841. The summed E-state index contributed by atoms with van der Waals surface area (Å²) in [6, 6.07) is 2.59. The molecular formula is C7H11ClN2O3. The van der Waals surface area contributed by atoms with Crippen LogP contribution in [0.1, 0.15) is 25.1 Å². The normalized spacial score (nSPS) is 11.8.